The first kappa shape index (κ1) is 21.2. The molecule has 29 heavy (non-hydrogen) atoms. The van der Waals surface area contributed by atoms with Gasteiger partial charge in [-0.15, -0.1) is 12.4 Å². The standard InChI is InChI=1S/C18H15ClF2N4O3.ClH/c19-10-1-4-14(23-6-10)15(26)24-11-2-3-13(20)12(5-11)18-9-27-7-17(18,21)8-28-16(22)25-18;/h1-6H,7-9H2,(H2,22,25)(H,24,26);1H. The third-order valence-corrected chi connectivity index (χ3v) is 4.99. The normalized spacial score (nSPS) is 25.3. The Kier molecular flexibility index (Phi) is 5.66. The van der Waals surface area contributed by atoms with Crippen molar-refractivity contribution in [1.82, 2.24) is 4.98 Å². The van der Waals surface area contributed by atoms with E-state index in [1.54, 1.807) is 0 Å². The minimum Gasteiger partial charge on any atom is -0.462 e. The molecule has 2 atom stereocenters. The van der Waals surface area contributed by atoms with Gasteiger partial charge in [0.25, 0.3) is 11.9 Å². The maximum Gasteiger partial charge on any atom is 0.283 e. The largest absolute Gasteiger partial charge is 0.462 e. The number of anilines is 1. The summed E-state index contributed by atoms with van der Waals surface area (Å²) in [5.74, 6) is -1.23. The number of benzene rings is 1. The molecule has 2 aliphatic heterocycles. The lowest BCUT2D eigenvalue weighted by molar-refractivity contribution is 0.00905. The van der Waals surface area contributed by atoms with E-state index in [9.17, 15) is 9.18 Å². The molecule has 154 valence electrons. The van der Waals surface area contributed by atoms with Gasteiger partial charge in [0.15, 0.2) is 11.2 Å². The van der Waals surface area contributed by atoms with Crippen molar-refractivity contribution in [2.75, 3.05) is 25.1 Å². The first-order valence-corrected chi connectivity index (χ1v) is 8.68. The Labute approximate surface area is 175 Å². The van der Waals surface area contributed by atoms with Gasteiger partial charge in [-0.05, 0) is 30.3 Å². The number of hydrogen-bond donors (Lipinski definition) is 2. The predicted molar refractivity (Wildman–Crippen MR) is 105 cm³/mol. The highest BCUT2D eigenvalue weighted by atomic mass is 35.5. The molecule has 2 unspecified atom stereocenters. The quantitative estimate of drug-likeness (QED) is 0.757. The van der Waals surface area contributed by atoms with E-state index in [1.165, 1.54) is 30.5 Å². The molecular weight excluding hydrogens is 429 g/mol. The van der Waals surface area contributed by atoms with Crippen molar-refractivity contribution in [3.8, 4) is 0 Å². The van der Waals surface area contributed by atoms with Crippen LogP contribution < -0.4 is 11.1 Å². The van der Waals surface area contributed by atoms with Gasteiger partial charge in [-0.1, -0.05) is 11.6 Å². The summed E-state index contributed by atoms with van der Waals surface area (Å²) >= 11 is 5.76. The van der Waals surface area contributed by atoms with Gasteiger partial charge in [0.2, 0.25) is 0 Å². The number of carbonyl (C=O) groups is 1. The van der Waals surface area contributed by atoms with E-state index in [0.717, 1.165) is 6.07 Å². The van der Waals surface area contributed by atoms with Crippen LogP contribution in [-0.4, -0.2) is 42.4 Å². The molecule has 1 aromatic heterocycles. The fourth-order valence-corrected chi connectivity index (χ4v) is 3.43. The highest BCUT2D eigenvalue weighted by Gasteiger charge is 2.62. The average molecular weight is 445 g/mol. The lowest BCUT2D eigenvalue weighted by atomic mass is 9.78. The first-order valence-electron chi connectivity index (χ1n) is 8.31. The molecule has 0 radical (unpaired) electrons. The van der Waals surface area contributed by atoms with E-state index in [0.29, 0.717) is 5.02 Å². The number of amidine groups is 1. The molecule has 11 heteroatoms. The summed E-state index contributed by atoms with van der Waals surface area (Å²) < 4.78 is 40.4. The zero-order valence-electron chi connectivity index (χ0n) is 14.8. The molecule has 0 spiro atoms. The number of alkyl halides is 1. The third-order valence-electron chi connectivity index (χ3n) is 4.76. The summed E-state index contributed by atoms with van der Waals surface area (Å²) in [5.41, 5.74) is 2.11. The summed E-state index contributed by atoms with van der Waals surface area (Å²) in [7, 11) is 0. The van der Waals surface area contributed by atoms with Crippen molar-refractivity contribution in [2.24, 2.45) is 10.7 Å². The minimum absolute atomic E-state index is 0. The van der Waals surface area contributed by atoms with Crippen LogP contribution in [0.4, 0.5) is 14.5 Å². The Bertz CT molecular complexity index is 976. The molecule has 1 amide bonds. The molecule has 1 saturated heterocycles. The first-order chi connectivity index (χ1) is 13.3. The number of aliphatic imine (C=N–C) groups is 1. The van der Waals surface area contributed by atoms with Crippen molar-refractivity contribution in [3.05, 3.63) is 58.6 Å². The molecule has 0 bridgehead atoms. The van der Waals surface area contributed by atoms with Crippen LogP contribution >= 0.6 is 24.0 Å². The third kappa shape index (κ3) is 3.61. The number of halogens is 4. The van der Waals surface area contributed by atoms with Crippen LogP contribution in [0.25, 0.3) is 0 Å². The highest BCUT2D eigenvalue weighted by molar-refractivity contribution is 6.30. The van der Waals surface area contributed by atoms with E-state index < -0.39 is 29.5 Å². The summed E-state index contributed by atoms with van der Waals surface area (Å²) in [4.78, 5) is 20.3. The zero-order valence-corrected chi connectivity index (χ0v) is 16.4. The van der Waals surface area contributed by atoms with Gasteiger partial charge in [0, 0.05) is 17.4 Å². The van der Waals surface area contributed by atoms with E-state index in [2.05, 4.69) is 15.3 Å². The summed E-state index contributed by atoms with van der Waals surface area (Å²) in [6.07, 6.45) is 1.33. The Balaban J connectivity index is 0.00000240. The molecule has 4 rings (SSSR count). The number of ether oxygens (including phenoxy) is 2. The second kappa shape index (κ2) is 7.74. The second-order valence-corrected chi connectivity index (χ2v) is 7.00. The Morgan fingerprint density at radius 2 is 2.03 bits per heavy atom. The molecule has 3 N–H and O–H groups in total. The summed E-state index contributed by atoms with van der Waals surface area (Å²) in [6, 6.07) is 6.50. The van der Waals surface area contributed by atoms with Crippen LogP contribution in [0, 0.1) is 5.82 Å². The molecular formula is C18H16Cl2F2N4O3. The van der Waals surface area contributed by atoms with Crippen LogP contribution in [0.5, 0.6) is 0 Å². The average Bonchev–Trinajstić information content (AvgIpc) is 3.01. The molecule has 1 aromatic carbocycles. The SMILES string of the molecule is Cl.NC1=NC2(c3cc(NC(=O)c4ccc(Cl)cn4)ccc3F)COCC2(F)CO1. The fourth-order valence-electron chi connectivity index (χ4n) is 3.32. The lowest BCUT2D eigenvalue weighted by Crippen LogP contribution is -2.55. The molecule has 0 saturated carbocycles. The molecule has 3 heterocycles. The number of hydrogen-bond acceptors (Lipinski definition) is 6. The Morgan fingerprint density at radius 1 is 1.24 bits per heavy atom. The highest BCUT2D eigenvalue weighted by Crippen LogP contribution is 2.48. The Morgan fingerprint density at radius 3 is 2.76 bits per heavy atom. The van der Waals surface area contributed by atoms with Gasteiger partial charge in [0.05, 0.1) is 18.2 Å². The van der Waals surface area contributed by atoms with Crippen LogP contribution in [0.1, 0.15) is 16.1 Å². The minimum atomic E-state index is -2.09. The molecule has 1 fully saturated rings. The Hall–Kier alpha value is -2.49. The van der Waals surface area contributed by atoms with Crippen molar-refractivity contribution in [1.29, 1.82) is 0 Å². The predicted octanol–water partition coefficient (Wildman–Crippen LogP) is 2.83. The monoisotopic (exact) mass is 444 g/mol. The topological polar surface area (TPSA) is 98.8 Å². The van der Waals surface area contributed by atoms with E-state index in [1.807, 2.05) is 0 Å². The maximum absolute atomic E-state index is 15.5. The van der Waals surface area contributed by atoms with Crippen LogP contribution in [-0.2, 0) is 15.0 Å². The van der Waals surface area contributed by atoms with E-state index >= 15 is 4.39 Å². The number of carbonyl (C=O) groups excluding carboxylic acids is 1. The molecule has 2 aromatic rings. The van der Waals surface area contributed by atoms with Gasteiger partial charge in [-0.25, -0.2) is 18.8 Å². The number of fused-ring (bicyclic) bond motifs is 1. The molecule has 2 aliphatic rings. The van der Waals surface area contributed by atoms with Crippen LogP contribution in [0.2, 0.25) is 5.02 Å². The van der Waals surface area contributed by atoms with Crippen molar-refractivity contribution in [3.63, 3.8) is 0 Å². The molecule has 0 aliphatic carbocycles. The zero-order chi connectivity index (χ0) is 19.9. The van der Waals surface area contributed by atoms with Gasteiger partial charge < -0.3 is 20.5 Å². The summed E-state index contributed by atoms with van der Waals surface area (Å²) in [6.45, 7) is -0.928. The van der Waals surface area contributed by atoms with Crippen molar-refractivity contribution < 1.29 is 23.0 Å². The maximum atomic E-state index is 15.5. The van der Waals surface area contributed by atoms with Crippen molar-refractivity contribution in [2.45, 2.75) is 11.2 Å². The van der Waals surface area contributed by atoms with Crippen LogP contribution in [0.15, 0.2) is 41.5 Å². The number of pyridine rings is 1. The smallest absolute Gasteiger partial charge is 0.283 e. The summed E-state index contributed by atoms with van der Waals surface area (Å²) in [5, 5.41) is 2.98. The number of nitrogens with zero attached hydrogens (tertiary/aromatic N) is 2. The van der Waals surface area contributed by atoms with Crippen LogP contribution in [0.3, 0.4) is 0 Å². The second-order valence-electron chi connectivity index (χ2n) is 6.57. The number of nitrogens with one attached hydrogen (secondary N) is 1. The van der Waals surface area contributed by atoms with Gasteiger partial charge in [0.1, 0.15) is 18.1 Å². The molecule has 7 nitrogen and oxygen atoms in total. The number of rotatable bonds is 3. The van der Waals surface area contributed by atoms with Gasteiger partial charge in [-0.2, -0.15) is 0 Å². The van der Waals surface area contributed by atoms with Crippen molar-refractivity contribution >= 4 is 41.6 Å². The fraction of sp³-hybridized carbons (Fsp3) is 0.278. The van der Waals surface area contributed by atoms with Gasteiger partial charge >= 0.3 is 0 Å². The number of nitrogens with two attached hydrogens (primary N) is 1. The van der Waals surface area contributed by atoms with Gasteiger partial charge in [-0.3, -0.25) is 4.79 Å². The van der Waals surface area contributed by atoms with E-state index in [4.69, 9.17) is 26.8 Å². The lowest BCUT2D eigenvalue weighted by Gasteiger charge is -2.38. The number of aromatic nitrogens is 1. The number of amides is 1. The van der Waals surface area contributed by atoms with E-state index in [-0.39, 0.29) is 48.6 Å².